The molecule has 0 unspecified atom stereocenters. The van der Waals surface area contributed by atoms with E-state index in [2.05, 4.69) is 0 Å². The molecular formula is C8H10ClIN4O. The molecule has 0 saturated carbocycles. The number of hydrazine groups is 2. The average molecular weight is 341 g/mol. The van der Waals surface area contributed by atoms with Gasteiger partial charge >= 0.3 is 6.03 Å². The maximum Gasteiger partial charge on any atom is 0.352 e. The molecule has 2 amide bonds. The largest absolute Gasteiger partial charge is 0.352 e. The number of halogens is 2. The minimum absolute atomic E-state index is 0.518. The van der Waals surface area contributed by atoms with Crippen molar-refractivity contribution in [1.82, 2.24) is 5.01 Å². The Hall–Kier alpha value is -0.570. The summed E-state index contributed by atoms with van der Waals surface area (Å²) in [6, 6.07) is 4.60. The lowest BCUT2D eigenvalue weighted by Gasteiger charge is -2.21. The SMILES string of the molecule is CN(N)C(=O)N(N)c1cccc(Cl)c1I. The third-order valence-corrected chi connectivity index (χ3v) is 3.47. The van der Waals surface area contributed by atoms with E-state index in [1.54, 1.807) is 18.2 Å². The number of urea groups is 1. The summed E-state index contributed by atoms with van der Waals surface area (Å²) in [5.74, 6) is 10.9. The highest BCUT2D eigenvalue weighted by Gasteiger charge is 2.17. The lowest BCUT2D eigenvalue weighted by atomic mass is 10.3. The summed E-state index contributed by atoms with van der Waals surface area (Å²) in [4.78, 5) is 11.5. The minimum atomic E-state index is -0.518. The van der Waals surface area contributed by atoms with Gasteiger partial charge in [0.25, 0.3) is 0 Å². The fourth-order valence-corrected chi connectivity index (χ4v) is 1.74. The molecule has 0 aromatic heterocycles. The van der Waals surface area contributed by atoms with E-state index in [1.165, 1.54) is 7.05 Å². The molecule has 0 saturated heterocycles. The third kappa shape index (κ3) is 2.71. The number of anilines is 1. The molecule has 0 heterocycles. The summed E-state index contributed by atoms with van der Waals surface area (Å²) in [5, 5.41) is 2.39. The van der Waals surface area contributed by atoms with Crippen LogP contribution in [0.2, 0.25) is 5.02 Å². The van der Waals surface area contributed by atoms with Crippen molar-refractivity contribution in [1.29, 1.82) is 0 Å². The highest BCUT2D eigenvalue weighted by molar-refractivity contribution is 14.1. The van der Waals surface area contributed by atoms with E-state index < -0.39 is 6.03 Å². The van der Waals surface area contributed by atoms with E-state index in [0.717, 1.165) is 10.0 Å². The maximum atomic E-state index is 11.5. The van der Waals surface area contributed by atoms with Crippen molar-refractivity contribution in [2.24, 2.45) is 11.7 Å². The maximum absolute atomic E-state index is 11.5. The second kappa shape index (κ2) is 4.97. The van der Waals surface area contributed by atoms with E-state index in [1.807, 2.05) is 22.6 Å². The Labute approximate surface area is 106 Å². The number of hydrogen-bond acceptors (Lipinski definition) is 3. The topological polar surface area (TPSA) is 75.6 Å². The zero-order valence-electron chi connectivity index (χ0n) is 7.95. The standard InChI is InChI=1S/C8H10ClIN4O/c1-13(11)8(15)14(12)6-4-2-3-5(9)7(6)10/h2-4H,11-12H2,1H3. The molecule has 0 atom stereocenters. The summed E-state index contributed by atoms with van der Waals surface area (Å²) in [6.45, 7) is 0. The first kappa shape index (κ1) is 12.5. The van der Waals surface area contributed by atoms with E-state index in [9.17, 15) is 4.79 Å². The number of carbonyl (C=O) groups excluding carboxylic acids is 1. The normalized spacial score (nSPS) is 9.93. The monoisotopic (exact) mass is 340 g/mol. The summed E-state index contributed by atoms with van der Waals surface area (Å²) in [7, 11) is 1.42. The van der Waals surface area contributed by atoms with Crippen molar-refractivity contribution < 1.29 is 4.79 Å². The number of amides is 2. The Morgan fingerprint density at radius 3 is 2.60 bits per heavy atom. The van der Waals surface area contributed by atoms with Gasteiger partial charge in [-0.05, 0) is 34.7 Å². The Morgan fingerprint density at radius 1 is 1.47 bits per heavy atom. The number of nitrogens with zero attached hydrogens (tertiary/aromatic N) is 2. The molecule has 82 valence electrons. The van der Waals surface area contributed by atoms with Gasteiger partial charge in [-0.25, -0.2) is 21.5 Å². The molecule has 4 N–H and O–H groups in total. The quantitative estimate of drug-likeness (QED) is 0.352. The Balaban J connectivity index is 3.06. The van der Waals surface area contributed by atoms with Crippen molar-refractivity contribution >= 4 is 45.9 Å². The zero-order chi connectivity index (χ0) is 11.6. The number of carbonyl (C=O) groups is 1. The molecule has 0 spiro atoms. The molecule has 0 bridgehead atoms. The van der Waals surface area contributed by atoms with Gasteiger partial charge in [-0.15, -0.1) is 0 Å². The van der Waals surface area contributed by atoms with Crippen molar-refractivity contribution in [3.05, 3.63) is 26.8 Å². The van der Waals surface area contributed by atoms with Crippen molar-refractivity contribution in [2.45, 2.75) is 0 Å². The van der Waals surface area contributed by atoms with Crippen LogP contribution in [-0.4, -0.2) is 18.1 Å². The fourth-order valence-electron chi connectivity index (χ4n) is 0.951. The molecule has 7 heteroatoms. The summed E-state index contributed by atoms with van der Waals surface area (Å²) in [6.07, 6.45) is 0. The van der Waals surface area contributed by atoms with Gasteiger partial charge in [-0.1, -0.05) is 17.7 Å². The van der Waals surface area contributed by atoms with Crippen LogP contribution in [0, 0.1) is 3.57 Å². The van der Waals surface area contributed by atoms with E-state index in [0.29, 0.717) is 14.3 Å². The van der Waals surface area contributed by atoms with Crippen molar-refractivity contribution in [3.8, 4) is 0 Å². The lowest BCUT2D eigenvalue weighted by Crippen LogP contribution is -2.48. The summed E-state index contributed by atoms with van der Waals surface area (Å²) < 4.78 is 0.703. The van der Waals surface area contributed by atoms with Crippen molar-refractivity contribution in [2.75, 3.05) is 12.1 Å². The summed E-state index contributed by atoms with van der Waals surface area (Å²) >= 11 is 7.91. The fraction of sp³-hybridized carbons (Fsp3) is 0.125. The first-order valence-electron chi connectivity index (χ1n) is 3.96. The predicted octanol–water partition coefficient (Wildman–Crippen LogP) is 1.55. The van der Waals surface area contributed by atoms with E-state index >= 15 is 0 Å². The van der Waals surface area contributed by atoms with Crippen LogP contribution in [0.1, 0.15) is 0 Å². The molecule has 0 aliphatic heterocycles. The van der Waals surface area contributed by atoms with E-state index in [4.69, 9.17) is 23.3 Å². The Kier molecular flexibility index (Phi) is 4.14. The highest BCUT2D eigenvalue weighted by atomic mass is 127. The van der Waals surface area contributed by atoms with E-state index in [-0.39, 0.29) is 0 Å². The highest BCUT2D eigenvalue weighted by Crippen LogP contribution is 2.27. The molecule has 1 aromatic rings. The van der Waals surface area contributed by atoms with Gasteiger partial charge in [-0.2, -0.15) is 0 Å². The lowest BCUT2D eigenvalue weighted by molar-refractivity contribution is 0.216. The van der Waals surface area contributed by atoms with Gasteiger partial charge in [-0.3, -0.25) is 5.01 Å². The molecule has 15 heavy (non-hydrogen) atoms. The van der Waals surface area contributed by atoms with Crippen LogP contribution in [0.3, 0.4) is 0 Å². The van der Waals surface area contributed by atoms with Crippen LogP contribution in [0.15, 0.2) is 18.2 Å². The first-order chi connectivity index (χ1) is 6.95. The van der Waals surface area contributed by atoms with Gasteiger partial charge in [0.05, 0.1) is 14.3 Å². The van der Waals surface area contributed by atoms with Crippen LogP contribution < -0.4 is 16.7 Å². The van der Waals surface area contributed by atoms with Gasteiger partial charge in [0, 0.05) is 7.05 Å². The molecule has 0 radical (unpaired) electrons. The number of benzene rings is 1. The Morgan fingerprint density at radius 2 is 2.07 bits per heavy atom. The van der Waals surface area contributed by atoms with Gasteiger partial charge < -0.3 is 0 Å². The molecule has 5 nitrogen and oxygen atoms in total. The second-order valence-electron chi connectivity index (χ2n) is 2.84. The third-order valence-electron chi connectivity index (χ3n) is 1.70. The molecule has 0 aliphatic rings. The number of hydrogen-bond donors (Lipinski definition) is 2. The van der Waals surface area contributed by atoms with Crippen LogP contribution in [-0.2, 0) is 0 Å². The number of rotatable bonds is 1. The van der Waals surface area contributed by atoms with Crippen LogP contribution in [0.25, 0.3) is 0 Å². The first-order valence-corrected chi connectivity index (χ1v) is 5.42. The summed E-state index contributed by atoms with van der Waals surface area (Å²) in [5.41, 5.74) is 0.519. The molecule has 0 fully saturated rings. The van der Waals surface area contributed by atoms with Crippen molar-refractivity contribution in [3.63, 3.8) is 0 Å². The van der Waals surface area contributed by atoms with Crippen LogP contribution in [0.5, 0.6) is 0 Å². The minimum Gasteiger partial charge on any atom is -0.264 e. The molecule has 0 aliphatic carbocycles. The average Bonchev–Trinajstić information content (AvgIpc) is 2.20. The number of nitrogens with two attached hydrogens (primary N) is 2. The van der Waals surface area contributed by atoms with Gasteiger partial charge in [0.15, 0.2) is 0 Å². The molecular weight excluding hydrogens is 330 g/mol. The smallest absolute Gasteiger partial charge is 0.264 e. The van der Waals surface area contributed by atoms with Gasteiger partial charge in [0.1, 0.15) is 0 Å². The van der Waals surface area contributed by atoms with Crippen LogP contribution in [0.4, 0.5) is 10.5 Å². The zero-order valence-corrected chi connectivity index (χ0v) is 10.9. The Bertz CT molecular complexity index is 385. The molecule has 1 rings (SSSR count). The second-order valence-corrected chi connectivity index (χ2v) is 4.32. The van der Waals surface area contributed by atoms with Gasteiger partial charge in [0.2, 0.25) is 0 Å². The van der Waals surface area contributed by atoms with Crippen LogP contribution >= 0.6 is 34.2 Å². The molecule has 1 aromatic carbocycles. The predicted molar refractivity (Wildman–Crippen MR) is 68.2 cm³/mol.